The van der Waals surface area contributed by atoms with Gasteiger partial charge in [-0.25, -0.2) is 4.99 Å². The van der Waals surface area contributed by atoms with Crippen LogP contribution in [0.25, 0.3) is 6.08 Å². The van der Waals surface area contributed by atoms with Crippen LogP contribution in [0.15, 0.2) is 105 Å². The minimum absolute atomic E-state index is 0.272. The van der Waals surface area contributed by atoms with Crippen molar-refractivity contribution in [2.45, 2.75) is 13.0 Å². The number of nitrogens with one attached hydrogen (secondary N) is 1. The molecule has 0 saturated heterocycles. The Morgan fingerprint density at radius 3 is 2.62 bits per heavy atom. The summed E-state index contributed by atoms with van der Waals surface area (Å²) in [6.45, 7) is 5.79. The molecule has 1 aliphatic rings. The quantitative estimate of drug-likeness (QED) is 0.252. The van der Waals surface area contributed by atoms with Gasteiger partial charge in [0.15, 0.2) is 16.3 Å². The van der Waals surface area contributed by atoms with Crippen LogP contribution in [-0.4, -0.2) is 31.3 Å². The Morgan fingerprint density at radius 1 is 1.12 bits per heavy atom. The minimum atomic E-state index is -0.724. The van der Waals surface area contributed by atoms with E-state index < -0.39 is 6.04 Å². The zero-order chi connectivity index (χ0) is 29.8. The fraction of sp³-hybridized carbons (Fsp3) is 0.156. The predicted molar refractivity (Wildman–Crippen MR) is 168 cm³/mol. The number of allylic oxidation sites excluding steroid dienone is 1. The lowest BCUT2D eigenvalue weighted by molar-refractivity contribution is -0.113. The third-order valence-electron chi connectivity index (χ3n) is 6.60. The highest BCUT2D eigenvalue weighted by Crippen LogP contribution is 2.37. The van der Waals surface area contributed by atoms with E-state index in [0.717, 1.165) is 11.1 Å². The number of benzene rings is 3. The molecule has 1 atom stereocenters. The van der Waals surface area contributed by atoms with Crippen molar-refractivity contribution in [2.24, 2.45) is 4.99 Å². The van der Waals surface area contributed by atoms with E-state index in [1.165, 1.54) is 11.3 Å². The van der Waals surface area contributed by atoms with E-state index in [1.807, 2.05) is 60.7 Å². The fourth-order valence-electron chi connectivity index (χ4n) is 4.72. The van der Waals surface area contributed by atoms with Crippen LogP contribution >= 0.6 is 27.3 Å². The molecule has 0 aliphatic carbocycles. The molecule has 0 unspecified atom stereocenters. The van der Waals surface area contributed by atoms with Gasteiger partial charge in [-0.15, -0.1) is 0 Å². The zero-order valence-electron chi connectivity index (χ0n) is 23.2. The van der Waals surface area contributed by atoms with Gasteiger partial charge in [-0.3, -0.25) is 14.2 Å². The first-order chi connectivity index (χ1) is 20.3. The largest absolute Gasteiger partial charge is 0.497 e. The van der Waals surface area contributed by atoms with Gasteiger partial charge in [-0.2, -0.15) is 0 Å². The Labute approximate surface area is 255 Å². The highest BCUT2D eigenvalue weighted by atomic mass is 79.9. The molecule has 0 bridgehead atoms. The van der Waals surface area contributed by atoms with Gasteiger partial charge in [0.2, 0.25) is 0 Å². The minimum Gasteiger partial charge on any atom is -0.497 e. The van der Waals surface area contributed by atoms with E-state index in [1.54, 1.807) is 43.9 Å². The number of amides is 1. The predicted octanol–water partition coefficient (Wildman–Crippen LogP) is 5.22. The summed E-state index contributed by atoms with van der Waals surface area (Å²) in [5.74, 6) is 1.32. The lowest BCUT2D eigenvalue weighted by Crippen LogP contribution is -2.40. The molecule has 2 heterocycles. The van der Waals surface area contributed by atoms with Crippen molar-refractivity contribution in [1.29, 1.82) is 0 Å². The number of para-hydroxylation sites is 1. The van der Waals surface area contributed by atoms with Crippen molar-refractivity contribution in [3.63, 3.8) is 0 Å². The number of nitrogens with zero attached hydrogens (tertiary/aromatic N) is 2. The first kappa shape index (κ1) is 29.1. The van der Waals surface area contributed by atoms with Crippen molar-refractivity contribution in [3.8, 4) is 17.2 Å². The second-order valence-electron chi connectivity index (χ2n) is 9.31. The fourth-order valence-corrected chi connectivity index (χ4v) is 6.34. The molecular formula is C32H28BrN3O5S. The molecule has 0 saturated carbocycles. The van der Waals surface area contributed by atoms with Gasteiger partial charge in [0.1, 0.15) is 12.4 Å². The van der Waals surface area contributed by atoms with Crippen LogP contribution in [0.3, 0.4) is 0 Å². The van der Waals surface area contributed by atoms with E-state index in [0.29, 0.717) is 54.6 Å². The molecule has 214 valence electrons. The summed E-state index contributed by atoms with van der Waals surface area (Å²) in [6.07, 6.45) is 3.43. The number of aromatic nitrogens is 1. The van der Waals surface area contributed by atoms with Gasteiger partial charge < -0.3 is 19.5 Å². The molecule has 0 fully saturated rings. The maximum Gasteiger partial charge on any atom is 0.271 e. The normalized spacial score (nSPS) is 14.6. The van der Waals surface area contributed by atoms with Gasteiger partial charge in [0.25, 0.3) is 11.5 Å². The Kier molecular flexibility index (Phi) is 8.75. The lowest BCUT2D eigenvalue weighted by atomic mass is 9.95. The number of hydrogen-bond donors (Lipinski definition) is 1. The molecule has 4 aromatic rings. The first-order valence-corrected chi connectivity index (χ1v) is 14.6. The van der Waals surface area contributed by atoms with E-state index in [-0.39, 0.29) is 11.5 Å². The smallest absolute Gasteiger partial charge is 0.271 e. The summed E-state index contributed by atoms with van der Waals surface area (Å²) in [6, 6.07) is 19.5. The van der Waals surface area contributed by atoms with Gasteiger partial charge in [0, 0.05) is 5.69 Å². The average molecular weight is 647 g/mol. The van der Waals surface area contributed by atoms with Gasteiger partial charge in [-0.05, 0) is 76.5 Å². The van der Waals surface area contributed by atoms with Crippen LogP contribution in [-0.2, 0) is 4.79 Å². The summed E-state index contributed by atoms with van der Waals surface area (Å²) in [4.78, 5) is 33.0. The molecular weight excluding hydrogens is 618 g/mol. The first-order valence-electron chi connectivity index (χ1n) is 13.0. The number of anilines is 1. The number of halogens is 1. The summed E-state index contributed by atoms with van der Waals surface area (Å²) in [7, 11) is 3.13. The highest BCUT2D eigenvalue weighted by Gasteiger charge is 2.32. The molecule has 8 nitrogen and oxygen atoms in total. The monoisotopic (exact) mass is 645 g/mol. The van der Waals surface area contributed by atoms with E-state index in [9.17, 15) is 9.59 Å². The third-order valence-corrected chi connectivity index (χ3v) is 8.17. The summed E-state index contributed by atoms with van der Waals surface area (Å²) < 4.78 is 19.5. The molecule has 1 aromatic heterocycles. The van der Waals surface area contributed by atoms with Crippen molar-refractivity contribution in [1.82, 2.24) is 4.57 Å². The Balaban J connectivity index is 1.66. The molecule has 0 spiro atoms. The lowest BCUT2D eigenvalue weighted by Gasteiger charge is -2.25. The van der Waals surface area contributed by atoms with E-state index in [2.05, 4.69) is 27.8 Å². The molecule has 5 rings (SSSR count). The van der Waals surface area contributed by atoms with Crippen LogP contribution in [0.2, 0.25) is 0 Å². The number of methoxy groups -OCH3 is 2. The second-order valence-corrected chi connectivity index (χ2v) is 11.2. The highest BCUT2D eigenvalue weighted by molar-refractivity contribution is 9.10. The van der Waals surface area contributed by atoms with Crippen molar-refractivity contribution in [2.75, 3.05) is 26.1 Å². The molecule has 3 aromatic carbocycles. The van der Waals surface area contributed by atoms with Crippen molar-refractivity contribution in [3.05, 3.63) is 126 Å². The number of ether oxygens (including phenoxy) is 3. The van der Waals surface area contributed by atoms with E-state index in [4.69, 9.17) is 19.2 Å². The molecule has 10 heteroatoms. The molecule has 1 aliphatic heterocycles. The second kappa shape index (κ2) is 12.6. The van der Waals surface area contributed by atoms with Gasteiger partial charge >= 0.3 is 0 Å². The summed E-state index contributed by atoms with van der Waals surface area (Å²) in [5, 5.41) is 2.96. The van der Waals surface area contributed by atoms with E-state index >= 15 is 0 Å². The number of carbonyl (C=O) groups is 1. The van der Waals surface area contributed by atoms with Gasteiger partial charge in [-0.1, -0.05) is 54.3 Å². The van der Waals surface area contributed by atoms with Crippen LogP contribution in [0.4, 0.5) is 5.69 Å². The van der Waals surface area contributed by atoms with Gasteiger partial charge in [0.05, 0.1) is 40.5 Å². The van der Waals surface area contributed by atoms with Crippen LogP contribution in [0.5, 0.6) is 17.2 Å². The number of hydrogen-bond acceptors (Lipinski definition) is 7. The summed E-state index contributed by atoms with van der Waals surface area (Å²) in [5.41, 5.74) is 2.72. The number of thiazole rings is 1. The Bertz CT molecular complexity index is 1880. The summed E-state index contributed by atoms with van der Waals surface area (Å²) >= 11 is 4.80. The number of rotatable bonds is 9. The maximum absolute atomic E-state index is 14.1. The van der Waals surface area contributed by atoms with Crippen LogP contribution in [0.1, 0.15) is 24.1 Å². The maximum atomic E-state index is 14.1. The van der Waals surface area contributed by atoms with Crippen molar-refractivity contribution >= 4 is 44.9 Å². The Morgan fingerprint density at radius 2 is 1.90 bits per heavy atom. The number of carbonyl (C=O) groups excluding carboxylic acids is 1. The molecule has 1 N–H and O–H groups in total. The zero-order valence-corrected chi connectivity index (χ0v) is 25.6. The SMILES string of the molecule is C=CCOc1c(Br)cc(/C=c2\sc3n(c2=O)[C@H](c2cccc(OC)c2)C(C(=O)Nc2ccccc2)=C(C)N=3)cc1OC. The van der Waals surface area contributed by atoms with Crippen molar-refractivity contribution < 1.29 is 19.0 Å². The molecule has 1 amide bonds. The van der Waals surface area contributed by atoms with Crippen LogP contribution in [0, 0.1) is 0 Å². The van der Waals surface area contributed by atoms with Crippen LogP contribution < -0.4 is 34.4 Å². The molecule has 42 heavy (non-hydrogen) atoms. The third kappa shape index (κ3) is 5.81. The topological polar surface area (TPSA) is 91.2 Å². The number of fused-ring (bicyclic) bond motifs is 1. The molecule has 0 radical (unpaired) electrons. The Hall–Kier alpha value is -4.41. The standard InChI is InChI=1S/C32H28BrN3O5S/c1-5-14-41-29-24(33)15-20(16-25(29)40-4)17-26-31(38)36-28(21-10-9-13-23(18-21)39-3)27(19(2)34-32(36)42-26)30(37)35-22-11-7-6-8-12-22/h5-13,15-18,28H,1,14H2,2-4H3,(H,35,37)/b26-17-/t28-/m1/s1. The average Bonchev–Trinajstić information content (AvgIpc) is 3.29.